The van der Waals surface area contributed by atoms with E-state index < -0.39 is 0 Å². The number of unbranched alkanes of at least 4 members (excludes halogenated alkanes) is 1. The Labute approximate surface area is 166 Å². The molecule has 0 N–H and O–H groups in total. The van der Waals surface area contributed by atoms with Crippen LogP contribution in [0.4, 0.5) is 0 Å². The van der Waals surface area contributed by atoms with Crippen molar-refractivity contribution >= 4 is 0 Å². The van der Waals surface area contributed by atoms with Crippen molar-refractivity contribution in [3.05, 3.63) is 53.7 Å². The zero-order valence-corrected chi connectivity index (χ0v) is 17.4. The topological polar surface area (TPSA) is 12.9 Å². The van der Waals surface area contributed by atoms with Gasteiger partial charge in [-0.1, -0.05) is 89.1 Å². The molecule has 1 aliphatic rings. The predicted molar refractivity (Wildman–Crippen MR) is 117 cm³/mol. The molecule has 0 saturated heterocycles. The summed E-state index contributed by atoms with van der Waals surface area (Å²) in [6.07, 6.45) is 17.1. The molecular formula is C26H37N. The highest BCUT2D eigenvalue weighted by Gasteiger charge is 2.21. The lowest BCUT2D eigenvalue weighted by Gasteiger charge is -2.29. The van der Waals surface area contributed by atoms with Gasteiger partial charge in [0.2, 0.25) is 0 Å². The van der Waals surface area contributed by atoms with E-state index in [-0.39, 0.29) is 0 Å². The van der Waals surface area contributed by atoms with Crippen LogP contribution in [-0.4, -0.2) is 4.98 Å². The molecule has 1 nitrogen and oxygen atoms in total. The largest absolute Gasteiger partial charge is 0.256 e. The van der Waals surface area contributed by atoms with Gasteiger partial charge >= 0.3 is 0 Å². The summed E-state index contributed by atoms with van der Waals surface area (Å²) < 4.78 is 0. The van der Waals surface area contributed by atoms with E-state index in [1.807, 2.05) is 0 Å². The van der Waals surface area contributed by atoms with Gasteiger partial charge < -0.3 is 0 Å². The van der Waals surface area contributed by atoms with Crippen LogP contribution in [0.5, 0.6) is 0 Å². The van der Waals surface area contributed by atoms with Crippen molar-refractivity contribution in [2.45, 2.75) is 84.5 Å². The Balaban J connectivity index is 1.50. The highest BCUT2D eigenvalue weighted by molar-refractivity contribution is 5.59. The molecule has 3 rings (SSSR count). The van der Waals surface area contributed by atoms with Crippen molar-refractivity contribution in [1.82, 2.24) is 4.98 Å². The van der Waals surface area contributed by atoms with Crippen LogP contribution in [0, 0.1) is 11.8 Å². The van der Waals surface area contributed by atoms with Crippen LogP contribution in [-0.2, 0) is 12.8 Å². The maximum absolute atomic E-state index is 4.74. The van der Waals surface area contributed by atoms with E-state index in [0.29, 0.717) is 0 Å². The van der Waals surface area contributed by atoms with Crippen molar-refractivity contribution in [3.63, 3.8) is 0 Å². The molecule has 0 radical (unpaired) electrons. The van der Waals surface area contributed by atoms with E-state index in [4.69, 9.17) is 4.98 Å². The Kier molecular flexibility index (Phi) is 7.93. The maximum Gasteiger partial charge on any atom is 0.0702 e. The number of hydrogen-bond donors (Lipinski definition) is 0. The third kappa shape index (κ3) is 6.19. The van der Waals surface area contributed by atoms with Crippen LogP contribution in [0.1, 0.15) is 82.8 Å². The average Bonchev–Trinajstić information content (AvgIpc) is 2.72. The molecule has 2 unspecified atom stereocenters. The Bertz CT molecular complexity index is 656. The van der Waals surface area contributed by atoms with Gasteiger partial charge in [-0.15, -0.1) is 0 Å². The third-order valence-electron chi connectivity index (χ3n) is 6.31. The second-order valence-corrected chi connectivity index (χ2v) is 8.58. The SMILES string of the molecule is CCCCC1CCCC(CCc2ccc(-c3ccc(CCC)cc3)nc2)C1. The predicted octanol–water partition coefficient (Wildman–Crippen LogP) is 7.63. The van der Waals surface area contributed by atoms with Crippen LogP contribution in [0.2, 0.25) is 0 Å². The highest BCUT2D eigenvalue weighted by atomic mass is 14.7. The molecule has 1 aliphatic carbocycles. The molecule has 27 heavy (non-hydrogen) atoms. The summed E-state index contributed by atoms with van der Waals surface area (Å²) in [6.45, 7) is 4.55. The molecule has 2 atom stereocenters. The van der Waals surface area contributed by atoms with Gasteiger partial charge in [0, 0.05) is 11.8 Å². The van der Waals surface area contributed by atoms with Crippen molar-refractivity contribution < 1.29 is 0 Å². The monoisotopic (exact) mass is 363 g/mol. The lowest BCUT2D eigenvalue weighted by molar-refractivity contribution is 0.240. The van der Waals surface area contributed by atoms with E-state index >= 15 is 0 Å². The van der Waals surface area contributed by atoms with E-state index in [0.717, 1.165) is 24.0 Å². The molecule has 146 valence electrons. The fraction of sp³-hybridized carbons (Fsp3) is 0.577. The first-order chi connectivity index (χ1) is 13.3. The smallest absolute Gasteiger partial charge is 0.0702 e. The van der Waals surface area contributed by atoms with Crippen molar-refractivity contribution in [3.8, 4) is 11.3 Å². The third-order valence-corrected chi connectivity index (χ3v) is 6.31. The minimum absolute atomic E-state index is 0.936. The highest BCUT2D eigenvalue weighted by Crippen LogP contribution is 2.34. The second kappa shape index (κ2) is 10.6. The molecule has 1 aromatic heterocycles. The number of aromatic nitrogens is 1. The Hall–Kier alpha value is -1.63. The second-order valence-electron chi connectivity index (χ2n) is 8.58. The maximum atomic E-state index is 4.74. The minimum Gasteiger partial charge on any atom is -0.256 e. The zero-order valence-electron chi connectivity index (χ0n) is 17.4. The van der Waals surface area contributed by atoms with Gasteiger partial charge in [0.05, 0.1) is 5.69 Å². The van der Waals surface area contributed by atoms with Crippen LogP contribution in [0.3, 0.4) is 0 Å². The van der Waals surface area contributed by atoms with Crippen LogP contribution < -0.4 is 0 Å². The van der Waals surface area contributed by atoms with E-state index in [1.54, 1.807) is 0 Å². The van der Waals surface area contributed by atoms with Crippen molar-refractivity contribution in [2.24, 2.45) is 11.8 Å². The molecule has 1 aromatic carbocycles. The average molecular weight is 364 g/mol. The molecule has 1 fully saturated rings. The molecular weight excluding hydrogens is 326 g/mol. The van der Waals surface area contributed by atoms with Crippen LogP contribution in [0.25, 0.3) is 11.3 Å². The zero-order chi connectivity index (χ0) is 18.9. The molecule has 2 aromatic rings. The fourth-order valence-corrected chi connectivity index (χ4v) is 4.66. The van der Waals surface area contributed by atoms with Gasteiger partial charge in [-0.05, 0) is 54.7 Å². The lowest BCUT2D eigenvalue weighted by Crippen LogP contribution is -2.16. The number of hydrogen-bond acceptors (Lipinski definition) is 1. The first kappa shape index (κ1) is 20.1. The Morgan fingerprint density at radius 3 is 2.22 bits per heavy atom. The first-order valence-corrected chi connectivity index (χ1v) is 11.3. The van der Waals surface area contributed by atoms with Gasteiger partial charge in [-0.25, -0.2) is 0 Å². The van der Waals surface area contributed by atoms with E-state index in [1.165, 1.54) is 80.9 Å². The van der Waals surface area contributed by atoms with E-state index in [2.05, 4.69) is 56.4 Å². The molecule has 1 heteroatoms. The van der Waals surface area contributed by atoms with Gasteiger partial charge in [-0.3, -0.25) is 4.98 Å². The lowest BCUT2D eigenvalue weighted by atomic mass is 9.77. The first-order valence-electron chi connectivity index (χ1n) is 11.3. The quantitative estimate of drug-likeness (QED) is 0.446. The molecule has 0 bridgehead atoms. The molecule has 0 aliphatic heterocycles. The molecule has 1 saturated carbocycles. The number of nitrogens with zero attached hydrogens (tertiary/aromatic N) is 1. The molecule has 0 amide bonds. The van der Waals surface area contributed by atoms with Crippen LogP contribution >= 0.6 is 0 Å². The van der Waals surface area contributed by atoms with Gasteiger partial charge in [-0.2, -0.15) is 0 Å². The molecule has 0 spiro atoms. The minimum atomic E-state index is 0.936. The Morgan fingerprint density at radius 2 is 1.56 bits per heavy atom. The van der Waals surface area contributed by atoms with Crippen molar-refractivity contribution in [1.29, 1.82) is 0 Å². The number of rotatable bonds is 9. The summed E-state index contributed by atoms with van der Waals surface area (Å²) >= 11 is 0. The van der Waals surface area contributed by atoms with E-state index in [9.17, 15) is 0 Å². The van der Waals surface area contributed by atoms with Gasteiger partial charge in [0.15, 0.2) is 0 Å². The molecule has 1 heterocycles. The van der Waals surface area contributed by atoms with Gasteiger partial charge in [0.1, 0.15) is 0 Å². The summed E-state index contributed by atoms with van der Waals surface area (Å²) in [6, 6.07) is 13.4. The fourth-order valence-electron chi connectivity index (χ4n) is 4.66. The summed E-state index contributed by atoms with van der Waals surface area (Å²) in [5.74, 6) is 1.94. The van der Waals surface area contributed by atoms with Crippen LogP contribution in [0.15, 0.2) is 42.6 Å². The number of pyridine rings is 1. The van der Waals surface area contributed by atoms with Gasteiger partial charge in [0.25, 0.3) is 0 Å². The summed E-state index contributed by atoms with van der Waals surface area (Å²) in [7, 11) is 0. The summed E-state index contributed by atoms with van der Waals surface area (Å²) in [5, 5.41) is 0. The Morgan fingerprint density at radius 1 is 0.815 bits per heavy atom. The van der Waals surface area contributed by atoms with Crippen molar-refractivity contribution in [2.75, 3.05) is 0 Å². The standard InChI is InChI=1S/C26H37N/c1-3-5-8-22-9-6-10-23(19-22)11-12-24-15-18-26(27-20-24)25-16-13-21(7-4-2)14-17-25/h13-18,20,22-23H,3-12,19H2,1-2H3. The number of aryl methyl sites for hydroxylation is 2. The summed E-state index contributed by atoms with van der Waals surface area (Å²) in [4.78, 5) is 4.74. The summed E-state index contributed by atoms with van der Waals surface area (Å²) in [5.41, 5.74) is 5.14. The number of benzene rings is 1. The normalized spacial score (nSPS) is 19.9.